The average molecular weight is 366 g/mol. The van der Waals surface area contributed by atoms with Crippen LogP contribution in [-0.2, 0) is 6.54 Å². The van der Waals surface area contributed by atoms with Gasteiger partial charge in [-0.15, -0.1) is 12.4 Å². The molecule has 0 fully saturated rings. The molecule has 0 aliphatic rings. The molecule has 0 aliphatic heterocycles. The topological polar surface area (TPSA) is 62.5 Å². The molecule has 0 aliphatic carbocycles. The monoisotopic (exact) mass is 365 g/mol. The maximum Gasteiger partial charge on any atom is 0.335 e. The van der Waals surface area contributed by atoms with Gasteiger partial charge in [0.1, 0.15) is 11.5 Å². The van der Waals surface area contributed by atoms with Crippen LogP contribution in [0.3, 0.4) is 0 Å². The molecule has 1 aromatic carbocycles. The van der Waals surface area contributed by atoms with Crippen molar-refractivity contribution >= 4 is 18.4 Å². The summed E-state index contributed by atoms with van der Waals surface area (Å²) in [5, 5.41) is 12.5. The molecular formula is C20H28ClNO3. The highest BCUT2D eigenvalue weighted by molar-refractivity contribution is 5.88. The molecule has 0 spiro atoms. The Labute approximate surface area is 156 Å². The molecule has 1 aromatic heterocycles. The van der Waals surface area contributed by atoms with Gasteiger partial charge in [0, 0.05) is 11.1 Å². The molecule has 0 saturated carbocycles. The highest BCUT2D eigenvalue weighted by atomic mass is 35.5. The predicted molar refractivity (Wildman–Crippen MR) is 103 cm³/mol. The Bertz CT molecular complexity index is 696. The second kappa shape index (κ2) is 8.07. The van der Waals surface area contributed by atoms with Crippen molar-refractivity contribution in [3.05, 3.63) is 47.7 Å². The molecule has 25 heavy (non-hydrogen) atoms. The van der Waals surface area contributed by atoms with E-state index >= 15 is 0 Å². The average Bonchev–Trinajstić information content (AvgIpc) is 2.92. The van der Waals surface area contributed by atoms with Crippen LogP contribution in [0.5, 0.6) is 0 Å². The smallest absolute Gasteiger partial charge is 0.335 e. The summed E-state index contributed by atoms with van der Waals surface area (Å²) in [4.78, 5) is 10.9. The van der Waals surface area contributed by atoms with Gasteiger partial charge in [-0.3, -0.25) is 0 Å². The molecular weight excluding hydrogens is 338 g/mol. The zero-order chi connectivity index (χ0) is 18.0. The summed E-state index contributed by atoms with van der Waals surface area (Å²) < 4.78 is 5.89. The molecule has 0 unspecified atom stereocenters. The standard InChI is InChI=1S/C20H27NO3.ClH/c1-19(2,3)13-20(4,5)21-12-16-10-11-17(24-16)14-6-8-15(9-7-14)18(22)23;/h6-11,21H,12-13H2,1-5H3,(H,22,23);1H. The van der Waals surface area contributed by atoms with E-state index in [4.69, 9.17) is 9.52 Å². The van der Waals surface area contributed by atoms with Crippen molar-refractivity contribution in [2.75, 3.05) is 0 Å². The zero-order valence-corrected chi connectivity index (χ0v) is 16.4. The van der Waals surface area contributed by atoms with E-state index < -0.39 is 5.97 Å². The van der Waals surface area contributed by atoms with Crippen molar-refractivity contribution in [3.8, 4) is 11.3 Å². The number of aromatic carboxylic acids is 1. The first kappa shape index (κ1) is 21.3. The van der Waals surface area contributed by atoms with Crippen LogP contribution >= 0.6 is 12.4 Å². The SMILES string of the molecule is CC(C)(C)CC(C)(C)NCc1ccc(-c2ccc(C(=O)O)cc2)o1.Cl. The largest absolute Gasteiger partial charge is 0.478 e. The van der Waals surface area contributed by atoms with Crippen LogP contribution in [0.4, 0.5) is 0 Å². The maximum atomic E-state index is 10.9. The Hall–Kier alpha value is -1.78. The summed E-state index contributed by atoms with van der Waals surface area (Å²) in [7, 11) is 0. The normalized spacial score (nSPS) is 11.9. The van der Waals surface area contributed by atoms with Gasteiger partial charge in [0.25, 0.3) is 0 Å². The van der Waals surface area contributed by atoms with Gasteiger partial charge < -0.3 is 14.8 Å². The first-order valence-corrected chi connectivity index (χ1v) is 8.23. The maximum absolute atomic E-state index is 10.9. The van der Waals surface area contributed by atoms with Crippen LogP contribution in [0.15, 0.2) is 40.8 Å². The van der Waals surface area contributed by atoms with Crippen LogP contribution in [0.1, 0.15) is 57.2 Å². The summed E-state index contributed by atoms with van der Waals surface area (Å²) in [6.07, 6.45) is 1.06. The lowest BCUT2D eigenvalue weighted by molar-refractivity contribution is 0.0697. The Balaban J connectivity index is 0.00000312. The van der Waals surface area contributed by atoms with E-state index in [1.807, 2.05) is 12.1 Å². The number of carboxylic acid groups (broad SMARTS) is 1. The number of hydrogen-bond donors (Lipinski definition) is 2. The van der Waals surface area contributed by atoms with Gasteiger partial charge >= 0.3 is 5.97 Å². The van der Waals surface area contributed by atoms with Gasteiger partial charge in [0.15, 0.2) is 0 Å². The molecule has 138 valence electrons. The summed E-state index contributed by atoms with van der Waals surface area (Å²) in [6.45, 7) is 11.8. The second-order valence-electron chi connectivity index (χ2n) is 8.12. The van der Waals surface area contributed by atoms with E-state index in [0.717, 1.165) is 23.5 Å². The number of nitrogens with one attached hydrogen (secondary N) is 1. The van der Waals surface area contributed by atoms with Gasteiger partial charge in [-0.25, -0.2) is 4.79 Å². The predicted octanol–water partition coefficient (Wildman–Crippen LogP) is 5.37. The lowest BCUT2D eigenvalue weighted by atomic mass is 9.82. The fourth-order valence-electron chi connectivity index (χ4n) is 3.12. The number of rotatable bonds is 6. The van der Waals surface area contributed by atoms with Crippen molar-refractivity contribution < 1.29 is 14.3 Å². The number of carbonyl (C=O) groups is 1. The Morgan fingerprint density at radius 2 is 1.64 bits per heavy atom. The third kappa shape index (κ3) is 6.56. The molecule has 5 heteroatoms. The number of halogens is 1. The van der Waals surface area contributed by atoms with Crippen LogP contribution in [-0.4, -0.2) is 16.6 Å². The van der Waals surface area contributed by atoms with Gasteiger partial charge in [0.05, 0.1) is 12.1 Å². The molecule has 0 radical (unpaired) electrons. The molecule has 0 bridgehead atoms. The first-order valence-electron chi connectivity index (χ1n) is 8.23. The molecule has 4 nitrogen and oxygen atoms in total. The molecule has 1 heterocycles. The van der Waals surface area contributed by atoms with Crippen molar-refractivity contribution in [2.24, 2.45) is 5.41 Å². The molecule has 2 N–H and O–H groups in total. The van der Waals surface area contributed by atoms with Gasteiger partial charge in [-0.2, -0.15) is 0 Å². The van der Waals surface area contributed by atoms with E-state index in [2.05, 4.69) is 39.9 Å². The fraction of sp³-hybridized carbons (Fsp3) is 0.450. The van der Waals surface area contributed by atoms with Crippen LogP contribution in [0.2, 0.25) is 0 Å². The summed E-state index contributed by atoms with van der Waals surface area (Å²) in [5.74, 6) is 0.693. The van der Waals surface area contributed by atoms with E-state index in [0.29, 0.717) is 6.54 Å². The fourth-order valence-corrected chi connectivity index (χ4v) is 3.12. The van der Waals surface area contributed by atoms with Gasteiger partial charge in [-0.05, 0) is 49.9 Å². The minimum absolute atomic E-state index is 0. The van der Waals surface area contributed by atoms with Crippen LogP contribution in [0, 0.1) is 5.41 Å². The number of carboxylic acids is 1. The van der Waals surface area contributed by atoms with Crippen molar-refractivity contribution in [2.45, 2.75) is 53.1 Å². The summed E-state index contributed by atoms with van der Waals surface area (Å²) in [6, 6.07) is 10.6. The molecule has 2 rings (SSSR count). The number of benzene rings is 1. The first-order chi connectivity index (χ1) is 11.1. The van der Waals surface area contributed by atoms with Gasteiger partial charge in [0.2, 0.25) is 0 Å². The van der Waals surface area contributed by atoms with Crippen molar-refractivity contribution in [1.29, 1.82) is 0 Å². The third-order valence-corrected chi connectivity index (χ3v) is 3.79. The molecule has 0 amide bonds. The number of furan rings is 1. The third-order valence-electron chi connectivity index (χ3n) is 3.79. The van der Waals surface area contributed by atoms with E-state index in [1.165, 1.54) is 0 Å². The second-order valence-corrected chi connectivity index (χ2v) is 8.12. The highest BCUT2D eigenvalue weighted by Gasteiger charge is 2.25. The quantitative estimate of drug-likeness (QED) is 0.722. The lowest BCUT2D eigenvalue weighted by Crippen LogP contribution is -2.41. The highest BCUT2D eigenvalue weighted by Crippen LogP contribution is 2.28. The molecule has 2 aromatic rings. The van der Waals surface area contributed by atoms with E-state index in [1.54, 1.807) is 24.3 Å². The Morgan fingerprint density at radius 1 is 1.04 bits per heavy atom. The van der Waals surface area contributed by atoms with E-state index in [-0.39, 0.29) is 28.9 Å². The Kier molecular flexibility index (Phi) is 6.86. The Morgan fingerprint density at radius 3 is 2.16 bits per heavy atom. The number of hydrogen-bond acceptors (Lipinski definition) is 3. The summed E-state index contributed by atoms with van der Waals surface area (Å²) in [5.41, 5.74) is 1.43. The summed E-state index contributed by atoms with van der Waals surface area (Å²) >= 11 is 0. The van der Waals surface area contributed by atoms with Crippen molar-refractivity contribution in [1.82, 2.24) is 5.32 Å². The van der Waals surface area contributed by atoms with Gasteiger partial charge in [-0.1, -0.05) is 32.9 Å². The molecule has 0 saturated heterocycles. The minimum Gasteiger partial charge on any atom is -0.478 e. The zero-order valence-electron chi connectivity index (χ0n) is 15.6. The lowest BCUT2D eigenvalue weighted by Gasteiger charge is -2.33. The molecule has 0 atom stereocenters. The van der Waals surface area contributed by atoms with Crippen LogP contribution < -0.4 is 5.32 Å². The van der Waals surface area contributed by atoms with E-state index in [9.17, 15) is 4.79 Å². The van der Waals surface area contributed by atoms with Crippen LogP contribution in [0.25, 0.3) is 11.3 Å². The van der Waals surface area contributed by atoms with Crippen molar-refractivity contribution in [3.63, 3.8) is 0 Å². The minimum atomic E-state index is -0.924.